The van der Waals surface area contributed by atoms with Crippen LogP contribution in [0.1, 0.15) is 0 Å². The van der Waals surface area contributed by atoms with Gasteiger partial charge in [0, 0.05) is 28.0 Å². The monoisotopic (exact) mass is 401 g/mol. The van der Waals surface area contributed by atoms with E-state index in [0.717, 1.165) is 17.0 Å². The molecule has 0 radical (unpaired) electrons. The maximum Gasteiger partial charge on any atom is 0.323 e. The maximum absolute atomic E-state index is 13.7. The average Bonchev–Trinajstić information content (AvgIpc) is 2.66. The van der Waals surface area contributed by atoms with E-state index in [1.54, 1.807) is 36.4 Å². The minimum Gasteiger partial charge on any atom is -0.307 e. The molecule has 3 aromatic carbocycles. The molecule has 3 aromatic rings. The summed E-state index contributed by atoms with van der Waals surface area (Å²) in [6.07, 6.45) is 0. The Balaban J connectivity index is 1.72. The highest BCUT2D eigenvalue weighted by Gasteiger charge is 2.11. The number of halogens is 2. The molecule has 0 unspecified atom stereocenters. The van der Waals surface area contributed by atoms with Crippen LogP contribution in [0.15, 0.2) is 76.5 Å². The van der Waals surface area contributed by atoms with Gasteiger partial charge in [0.1, 0.15) is 11.6 Å². The van der Waals surface area contributed by atoms with Gasteiger partial charge in [0.15, 0.2) is 0 Å². The van der Waals surface area contributed by atoms with E-state index in [0.29, 0.717) is 16.6 Å². The molecule has 6 nitrogen and oxygen atoms in total. The van der Waals surface area contributed by atoms with Gasteiger partial charge in [-0.2, -0.15) is 0 Å². The van der Waals surface area contributed by atoms with E-state index in [9.17, 15) is 23.7 Å². The Kier molecular flexibility index (Phi) is 5.85. The Morgan fingerprint density at radius 1 is 0.929 bits per heavy atom. The smallest absolute Gasteiger partial charge is 0.307 e. The van der Waals surface area contributed by atoms with Gasteiger partial charge >= 0.3 is 6.03 Å². The summed E-state index contributed by atoms with van der Waals surface area (Å²) in [6, 6.07) is 15.1. The van der Waals surface area contributed by atoms with Gasteiger partial charge in [0.25, 0.3) is 5.69 Å². The quantitative estimate of drug-likeness (QED) is 0.426. The van der Waals surface area contributed by atoms with Crippen LogP contribution in [-0.2, 0) is 0 Å². The van der Waals surface area contributed by atoms with Gasteiger partial charge in [-0.15, -0.1) is 0 Å². The molecule has 28 heavy (non-hydrogen) atoms. The molecule has 0 heterocycles. The summed E-state index contributed by atoms with van der Waals surface area (Å²) in [7, 11) is 0. The third kappa shape index (κ3) is 4.83. The van der Waals surface area contributed by atoms with E-state index in [4.69, 9.17) is 0 Å². The summed E-state index contributed by atoms with van der Waals surface area (Å²) in [5.74, 6) is -1.63. The second-order valence-corrected chi connectivity index (χ2v) is 6.67. The van der Waals surface area contributed by atoms with Gasteiger partial charge < -0.3 is 10.6 Å². The third-order valence-electron chi connectivity index (χ3n) is 3.59. The van der Waals surface area contributed by atoms with Crippen molar-refractivity contribution in [1.82, 2.24) is 0 Å². The van der Waals surface area contributed by atoms with Crippen LogP contribution in [0.2, 0.25) is 0 Å². The van der Waals surface area contributed by atoms with E-state index >= 15 is 0 Å². The van der Waals surface area contributed by atoms with Crippen molar-refractivity contribution in [3.63, 3.8) is 0 Å². The molecule has 0 bridgehead atoms. The zero-order valence-corrected chi connectivity index (χ0v) is 15.0. The molecule has 0 aliphatic carbocycles. The van der Waals surface area contributed by atoms with Crippen LogP contribution >= 0.6 is 11.8 Å². The number of carbonyl (C=O) groups excluding carboxylic acids is 1. The Labute approximate surface area is 162 Å². The third-order valence-corrected chi connectivity index (χ3v) is 4.67. The van der Waals surface area contributed by atoms with Crippen LogP contribution in [-0.4, -0.2) is 11.0 Å². The van der Waals surface area contributed by atoms with E-state index in [1.165, 1.54) is 23.9 Å². The Bertz CT molecular complexity index is 1030. The van der Waals surface area contributed by atoms with E-state index in [2.05, 4.69) is 10.6 Å². The standard InChI is InChI=1S/C19H13F2N3O3S/c20-12-5-10-16(15(21)11-12)22-19(25)23-17-3-1-2-4-18(17)28-14-8-6-13(7-9-14)24(26)27/h1-11H,(H2,22,23,25). The van der Waals surface area contributed by atoms with Gasteiger partial charge in [0.05, 0.1) is 16.3 Å². The van der Waals surface area contributed by atoms with Gasteiger partial charge in [-0.1, -0.05) is 23.9 Å². The number of hydrogen-bond acceptors (Lipinski definition) is 4. The number of amides is 2. The molecular formula is C19H13F2N3O3S. The van der Waals surface area contributed by atoms with Gasteiger partial charge in [0.2, 0.25) is 0 Å². The molecule has 0 spiro atoms. The Morgan fingerprint density at radius 3 is 2.29 bits per heavy atom. The number of para-hydroxylation sites is 1. The van der Waals surface area contributed by atoms with Gasteiger partial charge in [-0.25, -0.2) is 13.6 Å². The number of non-ortho nitro benzene ring substituents is 1. The van der Waals surface area contributed by atoms with Crippen LogP contribution in [0.25, 0.3) is 0 Å². The number of anilines is 2. The predicted molar refractivity (Wildman–Crippen MR) is 103 cm³/mol. The van der Waals surface area contributed by atoms with E-state index in [1.807, 2.05) is 0 Å². The van der Waals surface area contributed by atoms with Crippen molar-refractivity contribution in [1.29, 1.82) is 0 Å². The van der Waals surface area contributed by atoms with Crippen LogP contribution < -0.4 is 10.6 Å². The van der Waals surface area contributed by atoms with Crippen LogP contribution in [0.4, 0.5) is 30.6 Å². The average molecular weight is 401 g/mol. The van der Waals surface area contributed by atoms with Gasteiger partial charge in [-0.3, -0.25) is 10.1 Å². The zero-order chi connectivity index (χ0) is 20.1. The minimum atomic E-state index is -0.885. The lowest BCUT2D eigenvalue weighted by Crippen LogP contribution is -2.20. The van der Waals surface area contributed by atoms with Gasteiger partial charge in [-0.05, 0) is 36.4 Å². The van der Waals surface area contributed by atoms with Crippen molar-refractivity contribution >= 4 is 34.9 Å². The number of nitrogens with one attached hydrogen (secondary N) is 2. The molecule has 9 heteroatoms. The number of carbonyl (C=O) groups is 1. The van der Waals surface area contributed by atoms with Crippen molar-refractivity contribution in [2.75, 3.05) is 10.6 Å². The highest BCUT2D eigenvalue weighted by Crippen LogP contribution is 2.34. The molecular weight excluding hydrogens is 388 g/mol. The first-order valence-electron chi connectivity index (χ1n) is 7.97. The van der Waals surface area contributed by atoms with Crippen molar-refractivity contribution in [3.05, 3.63) is 88.5 Å². The molecule has 0 saturated heterocycles. The lowest BCUT2D eigenvalue weighted by molar-refractivity contribution is -0.384. The first-order chi connectivity index (χ1) is 13.4. The number of hydrogen-bond donors (Lipinski definition) is 2. The topological polar surface area (TPSA) is 84.3 Å². The normalized spacial score (nSPS) is 10.4. The largest absolute Gasteiger partial charge is 0.323 e. The highest BCUT2D eigenvalue weighted by atomic mass is 32.2. The second-order valence-electron chi connectivity index (χ2n) is 5.55. The second kappa shape index (κ2) is 8.49. The lowest BCUT2D eigenvalue weighted by atomic mass is 10.3. The number of nitro benzene ring substituents is 1. The molecule has 0 aliphatic heterocycles. The van der Waals surface area contributed by atoms with E-state index in [-0.39, 0.29) is 11.4 Å². The number of urea groups is 1. The summed E-state index contributed by atoms with van der Waals surface area (Å²) >= 11 is 1.30. The molecule has 142 valence electrons. The Morgan fingerprint density at radius 2 is 1.61 bits per heavy atom. The fourth-order valence-corrected chi connectivity index (χ4v) is 3.19. The molecule has 2 N–H and O–H groups in total. The number of nitrogens with zero attached hydrogens (tertiary/aromatic N) is 1. The van der Waals surface area contributed by atoms with Crippen LogP contribution in [0.5, 0.6) is 0 Å². The summed E-state index contributed by atoms with van der Waals surface area (Å²) < 4.78 is 26.6. The fraction of sp³-hybridized carbons (Fsp3) is 0. The van der Waals surface area contributed by atoms with Crippen LogP contribution in [0.3, 0.4) is 0 Å². The molecule has 0 aliphatic rings. The van der Waals surface area contributed by atoms with Crippen molar-refractivity contribution < 1.29 is 18.5 Å². The molecule has 0 fully saturated rings. The minimum absolute atomic E-state index is 0.0172. The van der Waals surface area contributed by atoms with Crippen molar-refractivity contribution in [2.45, 2.75) is 9.79 Å². The molecule has 0 saturated carbocycles. The van der Waals surface area contributed by atoms with E-state index < -0.39 is 22.6 Å². The summed E-state index contributed by atoms with van der Waals surface area (Å²) in [6.45, 7) is 0. The fourth-order valence-electron chi connectivity index (χ4n) is 2.29. The van der Waals surface area contributed by atoms with Crippen LogP contribution in [0, 0.1) is 21.7 Å². The SMILES string of the molecule is O=C(Nc1ccc(F)cc1F)Nc1ccccc1Sc1ccc([N+](=O)[O-])cc1. The first kappa shape index (κ1) is 19.3. The maximum atomic E-state index is 13.7. The molecule has 2 amide bonds. The number of rotatable bonds is 5. The Hall–Kier alpha value is -3.46. The first-order valence-corrected chi connectivity index (χ1v) is 8.78. The number of benzene rings is 3. The predicted octanol–water partition coefficient (Wildman–Crippen LogP) is 5.67. The summed E-state index contributed by atoms with van der Waals surface area (Å²) in [5.41, 5.74) is 0.293. The summed E-state index contributed by atoms with van der Waals surface area (Å²) in [5, 5.41) is 15.7. The lowest BCUT2D eigenvalue weighted by Gasteiger charge is -2.12. The molecule has 0 aromatic heterocycles. The zero-order valence-electron chi connectivity index (χ0n) is 14.2. The molecule has 0 atom stereocenters. The van der Waals surface area contributed by atoms with Crippen molar-refractivity contribution in [3.8, 4) is 0 Å². The highest BCUT2D eigenvalue weighted by molar-refractivity contribution is 7.99. The number of nitro groups is 1. The summed E-state index contributed by atoms with van der Waals surface area (Å²) in [4.78, 5) is 23.9. The van der Waals surface area contributed by atoms with Crippen molar-refractivity contribution in [2.24, 2.45) is 0 Å². The molecule has 3 rings (SSSR count).